The summed E-state index contributed by atoms with van der Waals surface area (Å²) >= 11 is 8.60. The second-order valence-electron chi connectivity index (χ2n) is 10.1. The van der Waals surface area contributed by atoms with Crippen molar-refractivity contribution in [2.24, 2.45) is 7.05 Å². The highest BCUT2D eigenvalue weighted by Crippen LogP contribution is 2.56. The number of nitrogens with zero attached hydrogens (tertiary/aromatic N) is 4. The minimum atomic E-state index is -0.258. The zero-order valence-corrected chi connectivity index (χ0v) is 22.6. The number of fused-ring (bicyclic) bond motifs is 5. The number of nitrogens with one attached hydrogen (secondary N) is 1. The van der Waals surface area contributed by atoms with Crippen LogP contribution in [-0.2, 0) is 20.0 Å². The number of anilines is 2. The molecular formula is C28H28ClN5O2S. The predicted molar refractivity (Wildman–Crippen MR) is 148 cm³/mol. The van der Waals surface area contributed by atoms with Crippen molar-refractivity contribution in [2.75, 3.05) is 5.32 Å². The Kier molecular flexibility index (Phi) is 6.04. The Labute approximate surface area is 224 Å². The summed E-state index contributed by atoms with van der Waals surface area (Å²) in [6.45, 7) is 4.69. The van der Waals surface area contributed by atoms with Gasteiger partial charge in [-0.1, -0.05) is 23.7 Å². The van der Waals surface area contributed by atoms with Crippen LogP contribution >= 0.6 is 22.9 Å². The van der Waals surface area contributed by atoms with Crippen LogP contribution < -0.4 is 10.9 Å². The number of ketones is 1. The summed E-state index contributed by atoms with van der Waals surface area (Å²) in [6, 6.07) is 5.99. The molecule has 2 unspecified atom stereocenters. The fourth-order valence-corrected chi connectivity index (χ4v) is 7.34. The molecule has 2 bridgehead atoms. The van der Waals surface area contributed by atoms with E-state index in [-0.39, 0.29) is 23.6 Å². The molecule has 0 amide bonds. The van der Waals surface area contributed by atoms with Crippen molar-refractivity contribution < 1.29 is 4.79 Å². The Morgan fingerprint density at radius 3 is 2.81 bits per heavy atom. The molecule has 6 rings (SSSR count). The number of hydrogen-bond acceptors (Lipinski definition) is 6. The van der Waals surface area contributed by atoms with Crippen molar-refractivity contribution in [2.45, 2.75) is 57.9 Å². The molecule has 0 saturated heterocycles. The molecule has 9 heteroatoms. The van der Waals surface area contributed by atoms with E-state index in [1.54, 1.807) is 35.5 Å². The topological polar surface area (TPSA) is 81.8 Å². The Bertz CT molecular complexity index is 1570. The molecule has 2 aliphatic rings. The summed E-state index contributed by atoms with van der Waals surface area (Å²) < 4.78 is 3.25. The monoisotopic (exact) mass is 533 g/mol. The molecule has 190 valence electrons. The smallest absolute Gasteiger partial charge is 0.293 e. The SMILES string of the molecule is CCn1cc(Nc2nc(-c3ccc(C)c(CC(=O)c4cc5c(s4)C4CCC5C4)c3Cl)cn(C)c2=O)cn1. The van der Waals surface area contributed by atoms with Crippen LogP contribution in [-0.4, -0.2) is 25.1 Å². The molecule has 1 aromatic carbocycles. The number of rotatable bonds is 7. The van der Waals surface area contributed by atoms with Gasteiger partial charge in [-0.25, -0.2) is 4.98 Å². The number of aromatic nitrogens is 4. The summed E-state index contributed by atoms with van der Waals surface area (Å²) in [5.74, 6) is 1.58. The van der Waals surface area contributed by atoms with Crippen molar-refractivity contribution in [3.63, 3.8) is 0 Å². The van der Waals surface area contributed by atoms with E-state index in [1.807, 2.05) is 32.2 Å². The van der Waals surface area contributed by atoms with Gasteiger partial charge in [0.2, 0.25) is 0 Å². The van der Waals surface area contributed by atoms with Crippen LogP contribution in [0.4, 0.5) is 11.5 Å². The van der Waals surface area contributed by atoms with Crippen molar-refractivity contribution >= 4 is 40.2 Å². The van der Waals surface area contributed by atoms with Gasteiger partial charge in [0.1, 0.15) is 0 Å². The minimum absolute atomic E-state index is 0.102. The molecule has 1 fully saturated rings. The van der Waals surface area contributed by atoms with E-state index >= 15 is 0 Å². The molecule has 0 radical (unpaired) electrons. The molecular weight excluding hydrogens is 506 g/mol. The number of benzene rings is 1. The van der Waals surface area contributed by atoms with Crippen molar-refractivity contribution in [1.29, 1.82) is 0 Å². The van der Waals surface area contributed by atoms with Gasteiger partial charge in [-0.2, -0.15) is 5.10 Å². The van der Waals surface area contributed by atoms with Gasteiger partial charge >= 0.3 is 0 Å². The maximum Gasteiger partial charge on any atom is 0.293 e. The van der Waals surface area contributed by atoms with Gasteiger partial charge in [0.15, 0.2) is 11.6 Å². The van der Waals surface area contributed by atoms with E-state index in [9.17, 15) is 9.59 Å². The lowest BCUT2D eigenvalue weighted by Gasteiger charge is -2.14. The van der Waals surface area contributed by atoms with Crippen LogP contribution in [0.5, 0.6) is 0 Å². The van der Waals surface area contributed by atoms with Gasteiger partial charge in [-0.3, -0.25) is 14.3 Å². The summed E-state index contributed by atoms with van der Waals surface area (Å²) in [5.41, 5.74) is 4.83. The maximum atomic E-state index is 13.4. The number of carbonyl (C=O) groups is 1. The number of carbonyl (C=O) groups excluding carboxylic acids is 1. The fraction of sp³-hybridized carbons (Fsp3) is 0.357. The lowest BCUT2D eigenvalue weighted by atomic mass is 9.96. The van der Waals surface area contributed by atoms with Crippen LogP contribution in [0.25, 0.3) is 11.3 Å². The molecule has 0 aliphatic heterocycles. The second kappa shape index (κ2) is 9.26. The lowest BCUT2D eigenvalue weighted by Crippen LogP contribution is -2.21. The minimum Gasteiger partial charge on any atom is -0.333 e. The summed E-state index contributed by atoms with van der Waals surface area (Å²) in [7, 11) is 1.68. The van der Waals surface area contributed by atoms with Crippen molar-refractivity contribution in [3.8, 4) is 11.3 Å². The molecule has 4 aromatic rings. The largest absolute Gasteiger partial charge is 0.333 e. The van der Waals surface area contributed by atoms with E-state index in [0.717, 1.165) is 22.5 Å². The molecule has 1 saturated carbocycles. The van der Waals surface area contributed by atoms with Gasteiger partial charge in [-0.05, 0) is 67.7 Å². The van der Waals surface area contributed by atoms with E-state index in [1.165, 1.54) is 34.3 Å². The van der Waals surface area contributed by atoms with Crippen LogP contribution in [0.15, 0.2) is 41.6 Å². The average Bonchev–Trinajstić information content (AvgIpc) is 3.66. The van der Waals surface area contributed by atoms with Crippen molar-refractivity contribution in [1.82, 2.24) is 19.3 Å². The Morgan fingerprint density at radius 1 is 1.24 bits per heavy atom. The summed E-state index contributed by atoms with van der Waals surface area (Å²) in [5, 5.41) is 7.82. The van der Waals surface area contributed by atoms with Gasteiger partial charge in [0.25, 0.3) is 5.56 Å². The third-order valence-corrected chi connectivity index (χ3v) is 9.48. The highest BCUT2D eigenvalue weighted by molar-refractivity contribution is 7.14. The number of halogens is 1. The molecule has 37 heavy (non-hydrogen) atoms. The Morgan fingerprint density at radius 2 is 2.05 bits per heavy atom. The van der Waals surface area contributed by atoms with E-state index in [4.69, 9.17) is 11.6 Å². The summed E-state index contributed by atoms with van der Waals surface area (Å²) in [4.78, 5) is 33.0. The van der Waals surface area contributed by atoms with E-state index in [0.29, 0.717) is 33.8 Å². The third-order valence-electron chi connectivity index (χ3n) is 7.69. The van der Waals surface area contributed by atoms with Crippen molar-refractivity contribution in [3.05, 3.63) is 78.6 Å². The number of aryl methyl sites for hydroxylation is 3. The highest BCUT2D eigenvalue weighted by atomic mass is 35.5. The van der Waals surface area contributed by atoms with E-state index in [2.05, 4.69) is 21.5 Å². The maximum absolute atomic E-state index is 13.4. The normalized spacial score (nSPS) is 17.8. The van der Waals surface area contributed by atoms with Crippen LogP contribution in [0.3, 0.4) is 0 Å². The first-order chi connectivity index (χ1) is 17.8. The molecule has 7 nitrogen and oxygen atoms in total. The van der Waals surface area contributed by atoms with Gasteiger partial charge in [0.05, 0.1) is 27.5 Å². The highest BCUT2D eigenvalue weighted by Gasteiger charge is 2.39. The first-order valence-electron chi connectivity index (χ1n) is 12.6. The molecule has 3 aromatic heterocycles. The molecule has 2 aliphatic carbocycles. The lowest BCUT2D eigenvalue weighted by molar-refractivity contribution is 0.0996. The van der Waals surface area contributed by atoms with Gasteiger partial charge < -0.3 is 9.88 Å². The van der Waals surface area contributed by atoms with Crippen LogP contribution in [0.2, 0.25) is 5.02 Å². The number of Topliss-reactive ketones (excluding diaryl/α,β-unsaturated/α-hetero) is 1. The average molecular weight is 534 g/mol. The molecule has 3 heterocycles. The molecule has 1 N–H and O–H groups in total. The first-order valence-corrected chi connectivity index (χ1v) is 13.8. The number of hydrogen-bond donors (Lipinski definition) is 1. The summed E-state index contributed by atoms with van der Waals surface area (Å²) in [6.07, 6.45) is 9.15. The van der Waals surface area contributed by atoms with Crippen LogP contribution in [0, 0.1) is 6.92 Å². The Hall–Kier alpha value is -3.23. The standard InChI is InChI=1S/C28H28ClN5O2S/c1-4-34-13-18(12-30-34)31-27-28(36)33(3)14-22(32-27)19-8-5-15(2)20(25(19)29)10-23(35)24-11-21-16-6-7-17(9-16)26(21)37-24/h5,8,11-14,16-17H,4,6-7,9-10H2,1-3H3,(H,31,32). The van der Waals surface area contributed by atoms with Crippen LogP contribution in [0.1, 0.15) is 69.3 Å². The quantitative estimate of drug-likeness (QED) is 0.285. The molecule has 0 spiro atoms. The fourth-order valence-electron chi connectivity index (χ4n) is 5.63. The zero-order chi connectivity index (χ0) is 25.8. The number of thiophene rings is 1. The first kappa shape index (κ1) is 24.1. The zero-order valence-electron chi connectivity index (χ0n) is 21.0. The third kappa shape index (κ3) is 4.22. The second-order valence-corrected chi connectivity index (χ2v) is 11.5. The predicted octanol–water partition coefficient (Wildman–Crippen LogP) is 6.22. The van der Waals surface area contributed by atoms with E-state index < -0.39 is 0 Å². The van der Waals surface area contributed by atoms with Gasteiger partial charge in [-0.15, -0.1) is 11.3 Å². The molecule has 2 atom stereocenters. The Balaban J connectivity index is 1.31. The van der Waals surface area contributed by atoms with Gasteiger partial charge in [0, 0.05) is 42.8 Å².